The van der Waals surface area contributed by atoms with Crippen molar-refractivity contribution < 1.29 is 46.4 Å². The highest BCUT2D eigenvalue weighted by molar-refractivity contribution is 7.86. The highest BCUT2D eigenvalue weighted by Crippen LogP contribution is 2.42. The minimum atomic E-state index is -4.58. The van der Waals surface area contributed by atoms with Crippen molar-refractivity contribution in [1.29, 1.82) is 0 Å². The monoisotopic (exact) mass is 696 g/mol. The number of carbonyl (C=O) groups excluding carboxylic acids is 4. The van der Waals surface area contributed by atoms with Crippen LogP contribution in [0.1, 0.15) is 57.2 Å². The molecule has 2 aliphatic rings. The number of nitrogens with two attached hydrogens (primary N) is 1. The third-order valence-corrected chi connectivity index (χ3v) is 8.70. The van der Waals surface area contributed by atoms with Gasteiger partial charge in [-0.25, -0.2) is 9.59 Å². The van der Waals surface area contributed by atoms with Gasteiger partial charge in [0.2, 0.25) is 0 Å². The van der Waals surface area contributed by atoms with E-state index in [1.54, 1.807) is 50.2 Å². The summed E-state index contributed by atoms with van der Waals surface area (Å²) < 4.78 is 47.7. The lowest BCUT2D eigenvalue weighted by molar-refractivity contribution is -0.139. The molecule has 5 rings (SSSR count). The van der Waals surface area contributed by atoms with E-state index < -0.39 is 44.4 Å². The van der Waals surface area contributed by atoms with Crippen molar-refractivity contribution in [2.24, 2.45) is 5.73 Å². The van der Waals surface area contributed by atoms with Crippen molar-refractivity contribution in [1.82, 2.24) is 5.32 Å². The number of fused-ring (bicyclic) bond motifs is 2. The number of methoxy groups -OCH3 is 1. The zero-order valence-electron chi connectivity index (χ0n) is 26.2. The van der Waals surface area contributed by atoms with Gasteiger partial charge in [-0.3, -0.25) is 14.1 Å². The maximum Gasteiger partial charge on any atom is 0.336 e. The second-order valence-electron chi connectivity index (χ2n) is 10.4. The molecule has 4 N–H and O–H groups in total. The number of esters is 2. The van der Waals surface area contributed by atoms with Gasteiger partial charge in [0.1, 0.15) is 4.90 Å². The van der Waals surface area contributed by atoms with Gasteiger partial charge in [-0.05, 0) is 31.5 Å². The van der Waals surface area contributed by atoms with Gasteiger partial charge in [-0.2, -0.15) is 8.42 Å². The Bertz CT molecular complexity index is 1950. The van der Waals surface area contributed by atoms with Crippen molar-refractivity contribution in [3.8, 4) is 0 Å². The predicted molar refractivity (Wildman–Crippen MR) is 175 cm³/mol. The first-order chi connectivity index (χ1) is 22.9. The number of carbonyl (C=O) groups is 4. The smallest absolute Gasteiger partial charge is 0.336 e. The number of dihydropyridines is 1. The van der Waals surface area contributed by atoms with Gasteiger partial charge in [0.05, 0.1) is 55.3 Å². The zero-order valence-corrected chi connectivity index (χ0v) is 27.8. The third-order valence-electron chi connectivity index (χ3n) is 7.46. The fourth-order valence-corrected chi connectivity index (χ4v) is 6.40. The number of hydrogen-bond acceptors (Lipinski definition) is 11. The Labute approximate surface area is 282 Å². The summed E-state index contributed by atoms with van der Waals surface area (Å²) in [7, 11) is -3.28. The number of nitrogens with one attached hydrogen (secondary N) is 1. The van der Waals surface area contributed by atoms with Crippen LogP contribution in [0.3, 0.4) is 0 Å². The Hall–Kier alpha value is -4.66. The number of hydrogen-bond donors (Lipinski definition) is 3. The van der Waals surface area contributed by atoms with Gasteiger partial charge in [0, 0.05) is 34.0 Å². The van der Waals surface area contributed by atoms with Gasteiger partial charge in [0.15, 0.2) is 11.6 Å². The number of benzene rings is 3. The summed E-state index contributed by atoms with van der Waals surface area (Å²) in [6, 6.07) is 17.0. The van der Waals surface area contributed by atoms with Crippen molar-refractivity contribution >= 4 is 45.2 Å². The Morgan fingerprint density at radius 1 is 0.917 bits per heavy atom. The van der Waals surface area contributed by atoms with Crippen LogP contribution in [0.25, 0.3) is 0 Å². The Morgan fingerprint density at radius 3 is 2.15 bits per heavy atom. The minimum absolute atomic E-state index is 0.0103. The van der Waals surface area contributed by atoms with E-state index in [0.717, 1.165) is 6.07 Å². The molecule has 1 atom stereocenters. The van der Waals surface area contributed by atoms with Crippen LogP contribution in [0, 0.1) is 0 Å². The molecule has 1 aliphatic heterocycles. The summed E-state index contributed by atoms with van der Waals surface area (Å²) in [6.45, 7) is 4.42. The van der Waals surface area contributed by atoms with Gasteiger partial charge in [-0.1, -0.05) is 66.2 Å². The zero-order chi connectivity index (χ0) is 35.2. The van der Waals surface area contributed by atoms with E-state index in [9.17, 15) is 32.1 Å². The maximum absolute atomic E-state index is 12.9. The van der Waals surface area contributed by atoms with Crippen LogP contribution in [0.5, 0.6) is 0 Å². The molecule has 0 saturated carbocycles. The number of ether oxygens (including phenoxy) is 3. The summed E-state index contributed by atoms with van der Waals surface area (Å²) in [5.41, 5.74) is 7.80. The van der Waals surface area contributed by atoms with E-state index in [4.69, 9.17) is 31.5 Å². The molecule has 252 valence electrons. The van der Waals surface area contributed by atoms with Gasteiger partial charge in [-0.15, -0.1) is 0 Å². The molecular formula is C34H33ClN2O10S. The molecule has 1 aliphatic carbocycles. The topological polar surface area (TPSA) is 188 Å². The Balaban J connectivity index is 0.000000228. The maximum atomic E-state index is 12.9. The standard InChI is InChI=1S/C20H25ClN2O5.C14H8O5S/c1-4-28-20(25)18-15(11-27-10-9-22)23-12(2)16(19(24)26-3)17(18)13-7-5-6-8-14(13)21;15-13-8-4-1-2-5-9(8)14(16)12-10(13)6-3-7-11(12)20(17,18)19/h5-8,17,23H,4,9-11,22H2,1-3H3;1-7H,(H,17,18,19). The lowest BCUT2D eigenvalue weighted by Gasteiger charge is -2.31. The van der Waals surface area contributed by atoms with E-state index in [2.05, 4.69) is 5.32 Å². The first kappa shape index (κ1) is 36.2. The molecular weight excluding hydrogens is 664 g/mol. The lowest BCUT2D eigenvalue weighted by atomic mass is 9.80. The summed E-state index contributed by atoms with van der Waals surface area (Å²) in [5, 5.41) is 3.52. The second kappa shape index (κ2) is 15.5. The lowest BCUT2D eigenvalue weighted by Crippen LogP contribution is -2.35. The van der Waals surface area contributed by atoms with Crippen LogP contribution in [0.2, 0.25) is 5.02 Å². The average Bonchev–Trinajstić information content (AvgIpc) is 3.06. The molecule has 1 heterocycles. The SMILES string of the molecule is CCOC(=O)C1=C(COCCN)NC(C)=C(C(=O)OC)C1c1ccccc1Cl.O=C1c2ccccc2C(=O)c2c1cccc2S(=O)(=O)O. The Kier molecular flexibility index (Phi) is 11.7. The highest BCUT2D eigenvalue weighted by Gasteiger charge is 2.40. The molecule has 0 bridgehead atoms. The number of ketones is 2. The van der Waals surface area contributed by atoms with Crippen molar-refractivity contribution in [2.75, 3.05) is 33.5 Å². The third kappa shape index (κ3) is 7.40. The van der Waals surface area contributed by atoms with Crippen LogP contribution in [0.4, 0.5) is 0 Å². The van der Waals surface area contributed by atoms with E-state index in [1.165, 1.54) is 31.4 Å². The molecule has 0 amide bonds. The number of rotatable bonds is 9. The molecule has 48 heavy (non-hydrogen) atoms. The quantitative estimate of drug-likeness (QED) is 0.130. The normalized spacial score (nSPS) is 15.5. The summed E-state index contributed by atoms with van der Waals surface area (Å²) in [4.78, 5) is 49.6. The number of halogens is 1. The molecule has 12 nitrogen and oxygen atoms in total. The van der Waals surface area contributed by atoms with Crippen LogP contribution < -0.4 is 11.1 Å². The largest absolute Gasteiger partial charge is 0.466 e. The molecule has 3 aromatic carbocycles. The fraction of sp³-hybridized carbons (Fsp3) is 0.235. The van der Waals surface area contributed by atoms with Crippen LogP contribution >= 0.6 is 11.6 Å². The highest BCUT2D eigenvalue weighted by atomic mass is 35.5. The van der Waals surface area contributed by atoms with E-state index in [0.29, 0.717) is 40.7 Å². The molecule has 0 saturated heterocycles. The van der Waals surface area contributed by atoms with Crippen LogP contribution in [0.15, 0.2) is 94.2 Å². The van der Waals surface area contributed by atoms with Crippen LogP contribution in [-0.2, 0) is 33.9 Å². The Morgan fingerprint density at radius 2 is 1.54 bits per heavy atom. The first-order valence-corrected chi connectivity index (χ1v) is 16.5. The fourth-order valence-electron chi connectivity index (χ4n) is 5.45. The molecule has 0 fully saturated rings. The van der Waals surface area contributed by atoms with E-state index in [1.807, 2.05) is 0 Å². The number of allylic oxidation sites excluding steroid dienone is 1. The van der Waals surface area contributed by atoms with Crippen LogP contribution in [-0.4, -0.2) is 70.0 Å². The van der Waals surface area contributed by atoms with E-state index in [-0.39, 0.29) is 41.0 Å². The molecule has 14 heteroatoms. The van der Waals surface area contributed by atoms with Gasteiger partial charge < -0.3 is 25.3 Å². The first-order valence-electron chi connectivity index (χ1n) is 14.6. The molecule has 1 unspecified atom stereocenters. The van der Waals surface area contributed by atoms with E-state index >= 15 is 0 Å². The second-order valence-corrected chi connectivity index (χ2v) is 12.2. The van der Waals surface area contributed by atoms with Gasteiger partial charge >= 0.3 is 11.9 Å². The van der Waals surface area contributed by atoms with Crippen molar-refractivity contribution in [3.05, 3.63) is 122 Å². The molecule has 0 radical (unpaired) electrons. The molecule has 0 spiro atoms. The van der Waals surface area contributed by atoms with Gasteiger partial charge in [0.25, 0.3) is 10.1 Å². The molecule has 3 aromatic rings. The predicted octanol–water partition coefficient (Wildman–Crippen LogP) is 3.98. The van der Waals surface area contributed by atoms with Crippen molar-refractivity contribution in [2.45, 2.75) is 24.7 Å². The summed E-state index contributed by atoms with van der Waals surface area (Å²) >= 11 is 6.42. The summed E-state index contributed by atoms with van der Waals surface area (Å²) in [6.07, 6.45) is 0. The molecule has 0 aromatic heterocycles. The van der Waals surface area contributed by atoms with Crippen molar-refractivity contribution in [3.63, 3.8) is 0 Å². The summed E-state index contributed by atoms with van der Waals surface area (Å²) in [5.74, 6) is -2.87. The minimum Gasteiger partial charge on any atom is -0.466 e. The average molecular weight is 697 g/mol.